The van der Waals surface area contributed by atoms with E-state index in [0.717, 1.165) is 29.5 Å². The number of alkyl halides is 3. The maximum absolute atomic E-state index is 13.4. The second kappa shape index (κ2) is 9.85. The van der Waals surface area contributed by atoms with Crippen molar-refractivity contribution in [2.45, 2.75) is 39.4 Å². The molecule has 0 aromatic heterocycles. The van der Waals surface area contributed by atoms with Gasteiger partial charge in [0.1, 0.15) is 6.04 Å². The van der Waals surface area contributed by atoms with E-state index in [9.17, 15) is 26.4 Å². The van der Waals surface area contributed by atoms with Crippen molar-refractivity contribution in [3.05, 3.63) is 59.2 Å². The van der Waals surface area contributed by atoms with Crippen LogP contribution >= 0.6 is 0 Å². The molecule has 6 nitrogen and oxygen atoms in total. The van der Waals surface area contributed by atoms with Gasteiger partial charge in [0.2, 0.25) is 15.9 Å². The summed E-state index contributed by atoms with van der Waals surface area (Å²) in [5, 5.41) is 0. The number of carbonyl (C=O) groups is 1. The number of sulfonamides is 1. The number of piperazine rings is 1. The molecule has 1 amide bonds. The number of anilines is 2. The monoisotopic (exact) mass is 497 g/mol. The zero-order valence-corrected chi connectivity index (χ0v) is 20.6. The number of carbonyl (C=O) groups excluding carboxylic acids is 1. The average Bonchev–Trinajstić information content (AvgIpc) is 2.78. The fourth-order valence-corrected chi connectivity index (χ4v) is 5.38. The van der Waals surface area contributed by atoms with E-state index in [1.165, 1.54) is 10.4 Å². The summed E-state index contributed by atoms with van der Waals surface area (Å²) >= 11 is 0. The summed E-state index contributed by atoms with van der Waals surface area (Å²) in [6, 6.07) is 9.51. The number of hydrogen-bond donors (Lipinski definition) is 0. The highest BCUT2D eigenvalue weighted by Gasteiger charge is 2.36. The molecule has 2 aromatic rings. The first-order valence-corrected chi connectivity index (χ1v) is 13.0. The number of rotatable bonds is 6. The third-order valence-corrected chi connectivity index (χ3v) is 7.37. The standard InChI is InChI=1S/C24H30F3N3O3S/c1-5-22(30(34(4,32)33)21-10-9-17(2)18(3)15-21)23(31)29-13-11-28(12-14-29)20-8-6-7-19(16-20)24(25,26)27/h6-10,15-16,22H,5,11-14H2,1-4H3/t22-/m1/s1. The first-order chi connectivity index (χ1) is 15.8. The Morgan fingerprint density at radius 3 is 2.21 bits per heavy atom. The Balaban J connectivity index is 1.78. The summed E-state index contributed by atoms with van der Waals surface area (Å²) in [5.74, 6) is -0.310. The predicted molar refractivity (Wildman–Crippen MR) is 128 cm³/mol. The van der Waals surface area contributed by atoms with Gasteiger partial charge in [0.05, 0.1) is 17.5 Å². The summed E-state index contributed by atoms with van der Waals surface area (Å²) in [7, 11) is -3.75. The summed E-state index contributed by atoms with van der Waals surface area (Å²) in [5.41, 5.74) is 2.10. The molecule has 1 aliphatic rings. The van der Waals surface area contributed by atoms with Crippen LogP contribution in [0.2, 0.25) is 0 Å². The Hall–Kier alpha value is -2.75. The molecule has 10 heteroatoms. The van der Waals surface area contributed by atoms with E-state index in [1.54, 1.807) is 34.9 Å². The number of halogens is 3. The van der Waals surface area contributed by atoms with Crippen LogP contribution in [-0.4, -0.2) is 57.7 Å². The molecule has 186 valence electrons. The fraction of sp³-hybridized carbons (Fsp3) is 0.458. The molecule has 2 aromatic carbocycles. The van der Waals surface area contributed by atoms with Crippen molar-refractivity contribution in [2.24, 2.45) is 0 Å². The molecular formula is C24H30F3N3O3S. The van der Waals surface area contributed by atoms with E-state index in [-0.39, 0.29) is 25.4 Å². The first kappa shape index (κ1) is 25.9. The summed E-state index contributed by atoms with van der Waals surface area (Å²) in [4.78, 5) is 16.8. The van der Waals surface area contributed by atoms with Gasteiger partial charge >= 0.3 is 6.18 Å². The minimum Gasteiger partial charge on any atom is -0.368 e. The molecule has 0 spiro atoms. The highest BCUT2D eigenvalue weighted by atomic mass is 32.2. The Bertz CT molecular complexity index is 1140. The Morgan fingerprint density at radius 2 is 1.68 bits per heavy atom. The molecule has 0 bridgehead atoms. The first-order valence-electron chi connectivity index (χ1n) is 11.1. The normalized spacial score (nSPS) is 15.9. The molecule has 1 atom stereocenters. The van der Waals surface area contributed by atoms with E-state index >= 15 is 0 Å². The van der Waals surface area contributed by atoms with Crippen molar-refractivity contribution in [3.8, 4) is 0 Å². The third kappa shape index (κ3) is 5.65. The third-order valence-electron chi connectivity index (χ3n) is 6.19. The number of benzene rings is 2. The van der Waals surface area contributed by atoms with Crippen molar-refractivity contribution >= 4 is 27.3 Å². The number of aryl methyl sites for hydroxylation is 2. The summed E-state index contributed by atoms with van der Waals surface area (Å²) in [6.45, 7) is 6.86. The minimum atomic E-state index is -4.43. The minimum absolute atomic E-state index is 0.284. The van der Waals surface area contributed by atoms with E-state index in [4.69, 9.17) is 0 Å². The maximum Gasteiger partial charge on any atom is 0.416 e. The van der Waals surface area contributed by atoms with Crippen molar-refractivity contribution in [3.63, 3.8) is 0 Å². The molecule has 1 fully saturated rings. The van der Waals surface area contributed by atoms with Gasteiger partial charge in [-0.2, -0.15) is 13.2 Å². The molecule has 34 heavy (non-hydrogen) atoms. The lowest BCUT2D eigenvalue weighted by molar-refractivity contribution is -0.137. The van der Waals surface area contributed by atoms with E-state index in [0.29, 0.717) is 24.5 Å². The van der Waals surface area contributed by atoms with Gasteiger partial charge in [0, 0.05) is 31.9 Å². The van der Waals surface area contributed by atoms with E-state index < -0.39 is 27.8 Å². The van der Waals surface area contributed by atoms with Crippen LogP contribution in [0.15, 0.2) is 42.5 Å². The molecule has 0 radical (unpaired) electrons. The lowest BCUT2D eigenvalue weighted by Crippen LogP contribution is -2.56. The van der Waals surface area contributed by atoms with Gasteiger partial charge in [-0.1, -0.05) is 19.1 Å². The highest BCUT2D eigenvalue weighted by molar-refractivity contribution is 7.92. The van der Waals surface area contributed by atoms with Gasteiger partial charge in [-0.3, -0.25) is 9.10 Å². The SMILES string of the molecule is CC[C@H](C(=O)N1CCN(c2cccc(C(F)(F)F)c2)CC1)N(c1ccc(C)c(C)c1)S(C)(=O)=O. The van der Waals surface area contributed by atoms with Gasteiger partial charge in [-0.25, -0.2) is 8.42 Å². The van der Waals surface area contributed by atoms with Crippen LogP contribution in [0.3, 0.4) is 0 Å². The largest absolute Gasteiger partial charge is 0.416 e. The molecule has 1 saturated heterocycles. The topological polar surface area (TPSA) is 60.9 Å². The summed E-state index contributed by atoms with van der Waals surface area (Å²) in [6.07, 6.45) is -3.05. The maximum atomic E-state index is 13.4. The van der Waals surface area contributed by atoms with Crippen LogP contribution in [0.25, 0.3) is 0 Å². The molecule has 0 aliphatic carbocycles. The van der Waals surface area contributed by atoms with Gasteiger partial charge in [0.25, 0.3) is 0 Å². The lowest BCUT2D eigenvalue weighted by Gasteiger charge is -2.39. The molecule has 1 heterocycles. The molecule has 1 aliphatic heterocycles. The van der Waals surface area contributed by atoms with Crippen molar-refractivity contribution in [1.29, 1.82) is 0 Å². The van der Waals surface area contributed by atoms with Crippen molar-refractivity contribution in [1.82, 2.24) is 4.90 Å². The smallest absolute Gasteiger partial charge is 0.368 e. The van der Waals surface area contributed by atoms with Crippen LogP contribution < -0.4 is 9.21 Å². The second-order valence-electron chi connectivity index (χ2n) is 8.61. The quantitative estimate of drug-likeness (QED) is 0.600. The number of hydrogen-bond acceptors (Lipinski definition) is 4. The van der Waals surface area contributed by atoms with Crippen LogP contribution in [0.4, 0.5) is 24.5 Å². The number of amides is 1. The van der Waals surface area contributed by atoms with Crippen LogP contribution in [-0.2, 0) is 21.0 Å². The van der Waals surface area contributed by atoms with Crippen LogP contribution in [0.1, 0.15) is 30.0 Å². The molecule has 3 rings (SSSR count). The Morgan fingerprint density at radius 1 is 1.03 bits per heavy atom. The van der Waals surface area contributed by atoms with Gasteiger partial charge in [-0.05, 0) is 61.7 Å². The molecule has 0 unspecified atom stereocenters. The van der Waals surface area contributed by atoms with Crippen molar-refractivity contribution in [2.75, 3.05) is 41.6 Å². The second-order valence-corrected chi connectivity index (χ2v) is 10.5. The molecular weight excluding hydrogens is 467 g/mol. The van der Waals surface area contributed by atoms with E-state index in [1.807, 2.05) is 19.9 Å². The predicted octanol–water partition coefficient (Wildman–Crippen LogP) is 4.22. The zero-order chi connectivity index (χ0) is 25.3. The molecule has 0 saturated carbocycles. The average molecular weight is 498 g/mol. The van der Waals surface area contributed by atoms with Crippen LogP contribution in [0.5, 0.6) is 0 Å². The van der Waals surface area contributed by atoms with Gasteiger partial charge < -0.3 is 9.80 Å². The van der Waals surface area contributed by atoms with E-state index in [2.05, 4.69) is 0 Å². The fourth-order valence-electron chi connectivity index (χ4n) is 4.18. The van der Waals surface area contributed by atoms with Crippen molar-refractivity contribution < 1.29 is 26.4 Å². The van der Waals surface area contributed by atoms with Gasteiger partial charge in [-0.15, -0.1) is 0 Å². The van der Waals surface area contributed by atoms with Crippen LogP contribution in [0, 0.1) is 13.8 Å². The highest BCUT2D eigenvalue weighted by Crippen LogP contribution is 2.32. The number of nitrogens with zero attached hydrogens (tertiary/aromatic N) is 3. The zero-order valence-electron chi connectivity index (χ0n) is 19.8. The molecule has 0 N–H and O–H groups in total. The summed E-state index contributed by atoms with van der Waals surface area (Å²) < 4.78 is 65.8. The Labute approximate surface area is 199 Å². The Kier molecular flexibility index (Phi) is 7.50. The van der Waals surface area contributed by atoms with Gasteiger partial charge in [0.15, 0.2) is 0 Å². The lowest BCUT2D eigenvalue weighted by atomic mass is 10.1.